The lowest BCUT2D eigenvalue weighted by Crippen LogP contribution is -2.13. The molecule has 0 saturated heterocycles. The van der Waals surface area contributed by atoms with E-state index >= 15 is 0 Å². The molecule has 1 aromatic heterocycles. The van der Waals surface area contributed by atoms with Crippen LogP contribution in [0.5, 0.6) is 0 Å². The first kappa shape index (κ1) is 12.2. The van der Waals surface area contributed by atoms with Gasteiger partial charge in [0, 0.05) is 11.9 Å². The maximum Gasteiger partial charge on any atom is 0.306 e. The average Bonchev–Trinajstić information content (AvgIpc) is 3.07. The van der Waals surface area contributed by atoms with Gasteiger partial charge in [-0.1, -0.05) is 11.8 Å². The molecule has 1 aliphatic rings. The number of hydrogen-bond donors (Lipinski definition) is 1. The molecular formula is C11H15N3O2S. The largest absolute Gasteiger partial charge is 0.469 e. The maximum absolute atomic E-state index is 11.3. The number of carbonyl (C=O) groups excluding carboxylic acids is 1. The highest BCUT2D eigenvalue weighted by Gasteiger charge is 2.44. The molecule has 1 aromatic rings. The molecule has 1 aliphatic carbocycles. The molecule has 0 aromatic carbocycles. The third kappa shape index (κ3) is 3.33. The van der Waals surface area contributed by atoms with Crippen LogP contribution in [0.25, 0.3) is 0 Å². The van der Waals surface area contributed by atoms with Gasteiger partial charge in [-0.2, -0.15) is 0 Å². The molecule has 0 unspecified atom stereocenters. The molecule has 1 saturated carbocycles. The zero-order valence-electron chi connectivity index (χ0n) is 9.68. The molecule has 0 radical (unpaired) electrons. The number of esters is 1. The summed E-state index contributed by atoms with van der Waals surface area (Å²) in [5.41, 5.74) is 5.67. The minimum atomic E-state index is -0.142. The van der Waals surface area contributed by atoms with Crippen LogP contribution in [-0.4, -0.2) is 28.8 Å². The van der Waals surface area contributed by atoms with Crippen LogP contribution in [0, 0.1) is 5.41 Å². The van der Waals surface area contributed by atoms with Gasteiger partial charge in [-0.15, -0.1) is 0 Å². The summed E-state index contributed by atoms with van der Waals surface area (Å²) in [5, 5.41) is 0.668. The number of ether oxygens (including phenoxy) is 1. The minimum absolute atomic E-state index is 0.0890. The van der Waals surface area contributed by atoms with Crippen molar-refractivity contribution >= 4 is 23.5 Å². The number of hydrogen-bond acceptors (Lipinski definition) is 6. The summed E-state index contributed by atoms with van der Waals surface area (Å²) in [4.78, 5) is 19.5. The number of thioether (sulfide) groups is 1. The quantitative estimate of drug-likeness (QED) is 0.486. The first-order valence-electron chi connectivity index (χ1n) is 5.42. The van der Waals surface area contributed by atoms with E-state index in [2.05, 4.69) is 9.97 Å². The van der Waals surface area contributed by atoms with Crippen LogP contribution in [0.4, 0.5) is 5.82 Å². The van der Waals surface area contributed by atoms with Gasteiger partial charge in [0.15, 0.2) is 5.16 Å². The molecule has 6 heteroatoms. The van der Waals surface area contributed by atoms with Gasteiger partial charge in [0.1, 0.15) is 5.82 Å². The van der Waals surface area contributed by atoms with Gasteiger partial charge in [-0.3, -0.25) is 4.79 Å². The lowest BCUT2D eigenvalue weighted by molar-refractivity contribution is -0.141. The lowest BCUT2D eigenvalue weighted by atomic mass is 10.1. The summed E-state index contributed by atoms with van der Waals surface area (Å²) in [5.74, 6) is 1.17. The Morgan fingerprint density at radius 2 is 2.41 bits per heavy atom. The van der Waals surface area contributed by atoms with Gasteiger partial charge in [0.25, 0.3) is 0 Å². The fourth-order valence-electron chi connectivity index (χ4n) is 1.57. The number of nitrogen functional groups attached to an aromatic ring is 1. The van der Waals surface area contributed by atoms with Crippen molar-refractivity contribution in [3.05, 3.63) is 12.3 Å². The van der Waals surface area contributed by atoms with Crippen molar-refractivity contribution in [2.24, 2.45) is 5.41 Å². The van der Waals surface area contributed by atoms with Crippen molar-refractivity contribution in [1.82, 2.24) is 9.97 Å². The Kier molecular flexibility index (Phi) is 3.51. The summed E-state index contributed by atoms with van der Waals surface area (Å²) in [6, 6.07) is 1.66. The van der Waals surface area contributed by atoms with Crippen LogP contribution < -0.4 is 5.73 Å². The fraction of sp³-hybridized carbons (Fsp3) is 0.545. The van der Waals surface area contributed by atoms with Crippen LogP contribution in [-0.2, 0) is 9.53 Å². The first-order chi connectivity index (χ1) is 8.13. The van der Waals surface area contributed by atoms with E-state index in [0.29, 0.717) is 17.4 Å². The number of aromatic nitrogens is 2. The molecule has 2 rings (SSSR count). The third-order valence-electron chi connectivity index (χ3n) is 2.87. The monoisotopic (exact) mass is 253 g/mol. The zero-order chi connectivity index (χ0) is 12.3. The van der Waals surface area contributed by atoms with Crippen molar-refractivity contribution in [3.63, 3.8) is 0 Å². The van der Waals surface area contributed by atoms with E-state index < -0.39 is 0 Å². The van der Waals surface area contributed by atoms with Gasteiger partial charge in [0.05, 0.1) is 13.5 Å². The lowest BCUT2D eigenvalue weighted by Gasteiger charge is -2.12. The summed E-state index contributed by atoms with van der Waals surface area (Å²) in [7, 11) is 1.42. The summed E-state index contributed by atoms with van der Waals surface area (Å²) in [6.45, 7) is 0. The van der Waals surface area contributed by atoms with E-state index in [-0.39, 0.29) is 11.4 Å². The Balaban J connectivity index is 1.88. The molecule has 92 valence electrons. The molecule has 1 heterocycles. The Morgan fingerprint density at radius 3 is 3.00 bits per heavy atom. The Bertz CT molecular complexity index is 421. The van der Waals surface area contributed by atoms with Gasteiger partial charge in [-0.25, -0.2) is 9.97 Å². The number of nitrogens with two attached hydrogens (primary N) is 1. The topological polar surface area (TPSA) is 78.1 Å². The summed E-state index contributed by atoms with van der Waals surface area (Å²) >= 11 is 1.55. The van der Waals surface area contributed by atoms with Gasteiger partial charge in [0.2, 0.25) is 0 Å². The highest BCUT2D eigenvalue weighted by Crippen LogP contribution is 2.51. The fourth-order valence-corrected chi connectivity index (χ4v) is 2.70. The smallest absolute Gasteiger partial charge is 0.306 e. The molecule has 0 bridgehead atoms. The standard InChI is InChI=1S/C11H15N3O2S/c1-16-9(15)6-11(3-4-11)7-17-10-13-5-2-8(12)14-10/h2,5H,3-4,6-7H2,1H3,(H2,12,13,14). The van der Waals surface area contributed by atoms with E-state index in [0.717, 1.165) is 18.6 Å². The van der Waals surface area contributed by atoms with Gasteiger partial charge >= 0.3 is 5.97 Å². The second kappa shape index (κ2) is 4.91. The Labute approximate surface area is 104 Å². The van der Waals surface area contributed by atoms with E-state index in [9.17, 15) is 4.79 Å². The van der Waals surface area contributed by atoms with Gasteiger partial charge < -0.3 is 10.5 Å². The zero-order valence-corrected chi connectivity index (χ0v) is 10.5. The minimum Gasteiger partial charge on any atom is -0.469 e. The molecule has 17 heavy (non-hydrogen) atoms. The Morgan fingerprint density at radius 1 is 1.65 bits per heavy atom. The van der Waals surface area contributed by atoms with Gasteiger partial charge in [-0.05, 0) is 24.3 Å². The molecule has 0 aliphatic heterocycles. The molecule has 0 amide bonds. The first-order valence-corrected chi connectivity index (χ1v) is 6.40. The molecule has 1 fully saturated rings. The van der Waals surface area contributed by atoms with Crippen molar-refractivity contribution in [1.29, 1.82) is 0 Å². The van der Waals surface area contributed by atoms with Crippen LogP contribution >= 0.6 is 11.8 Å². The van der Waals surface area contributed by atoms with Crippen LogP contribution in [0.15, 0.2) is 17.4 Å². The third-order valence-corrected chi connectivity index (χ3v) is 4.08. The molecular weight excluding hydrogens is 238 g/mol. The highest BCUT2D eigenvalue weighted by molar-refractivity contribution is 7.99. The normalized spacial score (nSPS) is 16.5. The van der Waals surface area contributed by atoms with E-state index in [1.165, 1.54) is 7.11 Å². The van der Waals surface area contributed by atoms with Crippen LogP contribution in [0.1, 0.15) is 19.3 Å². The SMILES string of the molecule is COC(=O)CC1(CSc2nccc(N)n2)CC1. The molecule has 0 spiro atoms. The molecule has 2 N–H and O–H groups in total. The van der Waals surface area contributed by atoms with Crippen molar-refractivity contribution in [3.8, 4) is 0 Å². The number of anilines is 1. The second-order valence-electron chi connectivity index (χ2n) is 4.31. The Hall–Kier alpha value is -1.30. The average molecular weight is 253 g/mol. The van der Waals surface area contributed by atoms with Crippen LogP contribution in [0.2, 0.25) is 0 Å². The van der Waals surface area contributed by atoms with Crippen LogP contribution in [0.3, 0.4) is 0 Å². The van der Waals surface area contributed by atoms with Crippen molar-refractivity contribution < 1.29 is 9.53 Å². The van der Waals surface area contributed by atoms with Crippen molar-refractivity contribution in [2.75, 3.05) is 18.6 Å². The van der Waals surface area contributed by atoms with E-state index in [1.807, 2.05) is 0 Å². The number of carbonyl (C=O) groups is 1. The van der Waals surface area contributed by atoms with E-state index in [1.54, 1.807) is 24.0 Å². The number of methoxy groups -OCH3 is 1. The maximum atomic E-state index is 11.3. The predicted molar refractivity (Wildman–Crippen MR) is 65.5 cm³/mol. The number of rotatable bonds is 5. The number of nitrogens with zero attached hydrogens (tertiary/aromatic N) is 2. The highest BCUT2D eigenvalue weighted by atomic mass is 32.2. The van der Waals surface area contributed by atoms with Crippen molar-refractivity contribution in [2.45, 2.75) is 24.4 Å². The summed E-state index contributed by atoms with van der Waals surface area (Å²) in [6.07, 6.45) is 4.26. The predicted octanol–water partition coefficient (Wildman–Crippen LogP) is 1.49. The molecule has 0 atom stereocenters. The van der Waals surface area contributed by atoms with E-state index in [4.69, 9.17) is 10.5 Å². The summed E-state index contributed by atoms with van der Waals surface area (Å²) < 4.78 is 4.70. The second-order valence-corrected chi connectivity index (χ2v) is 5.25. The molecule has 5 nitrogen and oxygen atoms in total.